The van der Waals surface area contributed by atoms with Crippen LogP contribution in [0, 0.1) is 5.92 Å². The van der Waals surface area contributed by atoms with Gasteiger partial charge in [-0.1, -0.05) is 172 Å². The lowest BCUT2D eigenvalue weighted by Gasteiger charge is -2.12. The van der Waals surface area contributed by atoms with Gasteiger partial charge in [-0.15, -0.1) is 0 Å². The molecule has 0 radical (unpaired) electrons. The molecule has 0 rings (SSSR count). The van der Waals surface area contributed by atoms with Gasteiger partial charge < -0.3 is 20.5 Å². The number of aliphatic carboxylic acids is 1. The number of ether oxygens (including phenoxy) is 1. The van der Waals surface area contributed by atoms with E-state index in [1.54, 1.807) is 0 Å². The minimum absolute atomic E-state index is 0.0993. The molecule has 8 heteroatoms. The number of rotatable bonds is 44. The predicted molar refractivity (Wildman–Crippen MR) is 264 cm³/mol. The van der Waals surface area contributed by atoms with Crippen LogP contribution in [0.1, 0.15) is 219 Å². The number of nitrogens with one attached hydrogen (secondary N) is 2. The van der Waals surface area contributed by atoms with Crippen LogP contribution in [-0.2, 0) is 23.9 Å². The van der Waals surface area contributed by atoms with Gasteiger partial charge in [-0.25, -0.2) is 0 Å². The number of esters is 1. The maximum absolute atomic E-state index is 11.7. The number of carbonyl (C=O) groups excluding carboxylic acids is 3. The smallest absolute Gasteiger partial charge is 0.306 e. The second kappa shape index (κ2) is 51.7. The lowest BCUT2D eigenvalue weighted by molar-refractivity contribution is -0.144. The van der Waals surface area contributed by atoms with E-state index >= 15 is 0 Å². The molecule has 2 amide bonds. The monoisotopic (exact) mass is 867 g/mol. The van der Waals surface area contributed by atoms with E-state index < -0.39 is 5.97 Å². The number of carboxylic acid groups (broad SMARTS) is 1. The summed E-state index contributed by atoms with van der Waals surface area (Å²) in [7, 11) is 0. The van der Waals surface area contributed by atoms with Crippen molar-refractivity contribution in [1.82, 2.24) is 10.6 Å². The predicted octanol–water partition coefficient (Wildman–Crippen LogP) is 14.6. The summed E-state index contributed by atoms with van der Waals surface area (Å²) in [5, 5.41) is 14.8. The second-order valence-electron chi connectivity index (χ2n) is 16.5. The Bertz CT molecular complexity index is 1190. The molecule has 0 aromatic carbocycles. The summed E-state index contributed by atoms with van der Waals surface area (Å²) >= 11 is 0. The molecule has 3 N–H and O–H groups in total. The maximum Gasteiger partial charge on any atom is 0.306 e. The summed E-state index contributed by atoms with van der Waals surface area (Å²) in [4.78, 5) is 45.1. The third-order valence-electron chi connectivity index (χ3n) is 10.7. The van der Waals surface area contributed by atoms with Gasteiger partial charge in [-0.2, -0.15) is 0 Å². The van der Waals surface area contributed by atoms with Crippen LogP contribution in [0.3, 0.4) is 0 Å². The van der Waals surface area contributed by atoms with Gasteiger partial charge in [-0.05, 0) is 115 Å². The number of carboxylic acids is 1. The number of hydrogen-bond donors (Lipinski definition) is 3. The van der Waals surface area contributed by atoms with Crippen LogP contribution in [0.5, 0.6) is 0 Å². The van der Waals surface area contributed by atoms with Crippen LogP contribution in [0.25, 0.3) is 0 Å². The van der Waals surface area contributed by atoms with Crippen LogP contribution >= 0.6 is 0 Å². The molecule has 0 bridgehead atoms. The first-order valence-electron chi connectivity index (χ1n) is 25.1. The Morgan fingerprint density at radius 2 is 0.855 bits per heavy atom. The molecule has 8 nitrogen and oxygen atoms in total. The van der Waals surface area contributed by atoms with E-state index in [9.17, 15) is 24.3 Å². The van der Waals surface area contributed by atoms with Crippen molar-refractivity contribution in [2.24, 2.45) is 5.92 Å². The standard InChI is InChI=1S/2C27H47NO3/c1-3-5-6-7-8-9-10-11-12-13-14-15-16-17-18-22-25-31-27(30)23-20-19-21-24-28-26(29)4-2;1-3-5-6-7-8-9-10-11-12-13-14-15-16-17-18-19-22-25(27(30)31)23-20-21-24-28-26(29)4-2/h4,8-9,11-12H,2-3,5-7,10,13-25H2,1H3,(H,28,29);4,8-9,11-12,25H,2-3,5-7,10,13-24H2,1H3,(H,28,29)(H,30,31)/b2*9-8-,12-11-. The van der Waals surface area contributed by atoms with Gasteiger partial charge >= 0.3 is 11.9 Å². The lowest BCUT2D eigenvalue weighted by Crippen LogP contribution is -2.22. The molecular weight excluding hydrogens is 773 g/mol. The van der Waals surface area contributed by atoms with E-state index in [1.165, 1.54) is 121 Å². The third kappa shape index (κ3) is 50.7. The molecule has 62 heavy (non-hydrogen) atoms. The van der Waals surface area contributed by atoms with E-state index in [-0.39, 0.29) is 23.7 Å². The van der Waals surface area contributed by atoms with Gasteiger partial charge in [0.25, 0.3) is 0 Å². The number of allylic oxidation sites excluding steroid dienone is 8. The van der Waals surface area contributed by atoms with Crippen molar-refractivity contribution in [3.8, 4) is 0 Å². The van der Waals surface area contributed by atoms with Gasteiger partial charge in [0, 0.05) is 19.5 Å². The molecule has 0 saturated heterocycles. The SMILES string of the molecule is C=CC(=O)NCCCCC(CCCCCCCC/C=C\C/C=C\CCCCC)C(=O)O.C=CC(=O)NCCCCCC(=O)OCCCCCCCC/C=C\C/C=C\CCCCC. The van der Waals surface area contributed by atoms with Crippen molar-refractivity contribution in [2.45, 2.75) is 219 Å². The first kappa shape index (κ1) is 60.4. The van der Waals surface area contributed by atoms with Gasteiger partial charge in [0.05, 0.1) is 12.5 Å². The Hall–Kier alpha value is -3.68. The summed E-state index contributed by atoms with van der Waals surface area (Å²) in [5.41, 5.74) is 0. The van der Waals surface area contributed by atoms with Crippen molar-refractivity contribution in [2.75, 3.05) is 19.7 Å². The highest BCUT2D eigenvalue weighted by Crippen LogP contribution is 2.18. The minimum Gasteiger partial charge on any atom is -0.481 e. The number of unbranched alkanes of at least 4 members (excludes halogenated alkanes) is 21. The fourth-order valence-electron chi connectivity index (χ4n) is 6.77. The van der Waals surface area contributed by atoms with E-state index in [1.807, 2.05) is 0 Å². The summed E-state index contributed by atoms with van der Waals surface area (Å²) < 4.78 is 5.29. The summed E-state index contributed by atoms with van der Waals surface area (Å²) in [5.74, 6) is -1.35. The van der Waals surface area contributed by atoms with Gasteiger partial charge in [0.15, 0.2) is 0 Å². The Morgan fingerprint density at radius 3 is 1.29 bits per heavy atom. The normalized spacial score (nSPS) is 11.8. The van der Waals surface area contributed by atoms with Crippen LogP contribution in [0.15, 0.2) is 73.9 Å². The highest BCUT2D eigenvalue weighted by atomic mass is 16.5. The van der Waals surface area contributed by atoms with Gasteiger partial charge in [-0.3, -0.25) is 19.2 Å². The van der Waals surface area contributed by atoms with Crippen molar-refractivity contribution in [3.05, 3.63) is 73.9 Å². The molecule has 0 heterocycles. The van der Waals surface area contributed by atoms with Crippen molar-refractivity contribution in [1.29, 1.82) is 0 Å². The second-order valence-corrected chi connectivity index (χ2v) is 16.5. The van der Waals surface area contributed by atoms with Crippen molar-refractivity contribution < 1.29 is 29.0 Å². The molecule has 0 aromatic heterocycles. The lowest BCUT2D eigenvalue weighted by atomic mass is 9.95. The summed E-state index contributed by atoms with van der Waals surface area (Å²) in [6.07, 6.45) is 56.0. The molecule has 0 saturated carbocycles. The average Bonchev–Trinajstić information content (AvgIpc) is 3.27. The Morgan fingerprint density at radius 1 is 0.484 bits per heavy atom. The van der Waals surface area contributed by atoms with Crippen LogP contribution in [-0.4, -0.2) is 48.6 Å². The molecule has 0 aliphatic heterocycles. The minimum atomic E-state index is -0.683. The largest absolute Gasteiger partial charge is 0.481 e. The number of carbonyl (C=O) groups is 4. The maximum atomic E-state index is 11.7. The molecular formula is C54H94N2O6. The zero-order chi connectivity index (χ0) is 45.8. The topological polar surface area (TPSA) is 122 Å². The zero-order valence-electron chi connectivity index (χ0n) is 40.0. The Kier molecular flexibility index (Phi) is 50.3. The fraction of sp³-hybridized carbons (Fsp3) is 0.704. The molecule has 0 fully saturated rings. The van der Waals surface area contributed by atoms with E-state index in [2.05, 4.69) is 86.2 Å². The molecule has 1 atom stereocenters. The molecule has 0 aliphatic carbocycles. The first-order chi connectivity index (χ1) is 30.3. The quantitative estimate of drug-likeness (QED) is 0.0243. The highest BCUT2D eigenvalue weighted by molar-refractivity contribution is 5.87. The fourth-order valence-corrected chi connectivity index (χ4v) is 6.77. The molecule has 1 unspecified atom stereocenters. The van der Waals surface area contributed by atoms with Crippen molar-refractivity contribution >= 4 is 23.8 Å². The Balaban J connectivity index is 0. The van der Waals surface area contributed by atoms with Crippen LogP contribution in [0.2, 0.25) is 0 Å². The van der Waals surface area contributed by atoms with E-state index in [0.717, 1.165) is 83.5 Å². The number of amides is 2. The van der Waals surface area contributed by atoms with E-state index in [4.69, 9.17) is 4.74 Å². The molecule has 0 spiro atoms. The number of hydrogen-bond acceptors (Lipinski definition) is 5. The average molecular weight is 867 g/mol. The molecule has 0 aromatic rings. The summed E-state index contributed by atoms with van der Waals surface area (Å²) in [6.45, 7) is 13.1. The summed E-state index contributed by atoms with van der Waals surface area (Å²) in [6, 6.07) is 0. The molecule has 356 valence electrons. The highest BCUT2D eigenvalue weighted by Gasteiger charge is 2.16. The first-order valence-corrected chi connectivity index (χ1v) is 25.1. The van der Waals surface area contributed by atoms with E-state index in [0.29, 0.717) is 32.5 Å². The van der Waals surface area contributed by atoms with Crippen molar-refractivity contribution in [3.63, 3.8) is 0 Å². The van der Waals surface area contributed by atoms with Crippen LogP contribution < -0.4 is 10.6 Å². The zero-order valence-corrected chi connectivity index (χ0v) is 40.0. The van der Waals surface area contributed by atoms with Crippen LogP contribution in [0.4, 0.5) is 0 Å². The third-order valence-corrected chi connectivity index (χ3v) is 10.7. The van der Waals surface area contributed by atoms with Gasteiger partial charge in [0.1, 0.15) is 0 Å². The van der Waals surface area contributed by atoms with Gasteiger partial charge in [0.2, 0.25) is 11.8 Å². The Labute approximate surface area is 381 Å². The molecule has 0 aliphatic rings.